The van der Waals surface area contributed by atoms with Gasteiger partial charge in [-0.15, -0.1) is 12.4 Å². The number of rotatable bonds is 6. The van der Waals surface area contributed by atoms with E-state index < -0.39 is 0 Å². The fourth-order valence-electron chi connectivity index (χ4n) is 1.74. The molecule has 0 saturated carbocycles. The Balaban J connectivity index is 0.00000361. The molecule has 0 saturated heterocycles. The molecule has 5 nitrogen and oxygen atoms in total. The summed E-state index contributed by atoms with van der Waals surface area (Å²) in [4.78, 5) is 22.7. The van der Waals surface area contributed by atoms with E-state index >= 15 is 0 Å². The van der Waals surface area contributed by atoms with Crippen LogP contribution >= 0.6 is 12.4 Å². The van der Waals surface area contributed by atoms with Crippen molar-refractivity contribution in [2.75, 3.05) is 12.8 Å². The van der Waals surface area contributed by atoms with Gasteiger partial charge in [0.15, 0.2) is 0 Å². The lowest BCUT2D eigenvalue weighted by molar-refractivity contribution is -0.141. The zero-order chi connectivity index (χ0) is 14.3. The third-order valence-corrected chi connectivity index (χ3v) is 2.78. The van der Waals surface area contributed by atoms with Crippen LogP contribution in [0.4, 0.5) is 5.69 Å². The second-order valence-corrected chi connectivity index (χ2v) is 4.45. The number of amides is 1. The molecular formula is C14H21ClN2O3. The first kappa shape index (κ1) is 18.2. The number of carbonyl (C=O) groups is 2. The minimum absolute atomic E-state index is 0. The minimum atomic E-state index is -0.333. The van der Waals surface area contributed by atoms with Crippen molar-refractivity contribution in [2.24, 2.45) is 0 Å². The number of nitrogens with two attached hydrogens (primary N) is 1. The topological polar surface area (TPSA) is 81.4 Å². The number of hydrogen-bond acceptors (Lipinski definition) is 4. The summed E-state index contributed by atoms with van der Waals surface area (Å²) in [6.07, 6.45) is 1.11. The summed E-state index contributed by atoms with van der Waals surface area (Å²) in [7, 11) is 1.33. The van der Waals surface area contributed by atoms with Crippen LogP contribution in [0.2, 0.25) is 0 Å². The summed E-state index contributed by atoms with van der Waals surface area (Å²) >= 11 is 0. The predicted octanol–water partition coefficient (Wildman–Crippen LogP) is 1.69. The highest BCUT2D eigenvalue weighted by Gasteiger charge is 2.12. The highest BCUT2D eigenvalue weighted by atomic mass is 35.5. The van der Waals surface area contributed by atoms with E-state index in [2.05, 4.69) is 10.1 Å². The molecule has 0 spiro atoms. The van der Waals surface area contributed by atoms with Crippen LogP contribution in [-0.4, -0.2) is 25.0 Å². The maximum atomic E-state index is 11.7. The van der Waals surface area contributed by atoms with Gasteiger partial charge in [-0.2, -0.15) is 0 Å². The van der Waals surface area contributed by atoms with Crippen LogP contribution in [0, 0.1) is 0 Å². The molecule has 0 aliphatic heterocycles. The van der Waals surface area contributed by atoms with Gasteiger partial charge in [-0.25, -0.2) is 0 Å². The van der Waals surface area contributed by atoms with E-state index in [0.717, 1.165) is 5.56 Å². The minimum Gasteiger partial charge on any atom is -0.469 e. The SMILES string of the molecule is COC(=O)CC(C)NC(=O)CCc1ccccc1N.Cl. The standard InChI is InChI=1S/C14H20N2O3.ClH/c1-10(9-14(18)19-2)16-13(17)8-7-11-5-3-4-6-12(11)15;/h3-6,10H,7-9,15H2,1-2H3,(H,16,17);1H. The quantitative estimate of drug-likeness (QED) is 0.619. The van der Waals surface area contributed by atoms with Gasteiger partial charge in [0, 0.05) is 18.2 Å². The van der Waals surface area contributed by atoms with E-state index in [0.29, 0.717) is 18.5 Å². The zero-order valence-electron chi connectivity index (χ0n) is 11.7. The van der Waals surface area contributed by atoms with E-state index in [1.165, 1.54) is 7.11 Å². The van der Waals surface area contributed by atoms with E-state index in [1.54, 1.807) is 6.92 Å². The molecule has 1 rings (SSSR count). The number of nitrogens with one attached hydrogen (secondary N) is 1. The number of carbonyl (C=O) groups excluding carboxylic acids is 2. The number of halogens is 1. The highest BCUT2D eigenvalue weighted by molar-refractivity contribution is 5.85. The third kappa shape index (κ3) is 6.43. The monoisotopic (exact) mass is 300 g/mol. The first-order valence-corrected chi connectivity index (χ1v) is 6.22. The Morgan fingerprint density at radius 3 is 2.60 bits per heavy atom. The van der Waals surface area contributed by atoms with Crippen LogP contribution in [0.3, 0.4) is 0 Å². The number of methoxy groups -OCH3 is 1. The molecule has 0 bridgehead atoms. The van der Waals surface area contributed by atoms with Crippen LogP contribution in [0.5, 0.6) is 0 Å². The van der Waals surface area contributed by atoms with Crippen molar-refractivity contribution in [2.45, 2.75) is 32.2 Å². The molecule has 1 atom stereocenters. The maximum absolute atomic E-state index is 11.7. The van der Waals surface area contributed by atoms with Gasteiger partial charge in [0.05, 0.1) is 13.5 Å². The third-order valence-electron chi connectivity index (χ3n) is 2.78. The summed E-state index contributed by atoms with van der Waals surface area (Å²) in [6, 6.07) is 7.24. The van der Waals surface area contributed by atoms with Crippen LogP contribution in [0.15, 0.2) is 24.3 Å². The molecular weight excluding hydrogens is 280 g/mol. The number of para-hydroxylation sites is 1. The van der Waals surface area contributed by atoms with Crippen molar-refractivity contribution in [3.05, 3.63) is 29.8 Å². The van der Waals surface area contributed by atoms with E-state index in [4.69, 9.17) is 5.73 Å². The van der Waals surface area contributed by atoms with Gasteiger partial charge in [0.1, 0.15) is 0 Å². The summed E-state index contributed by atoms with van der Waals surface area (Å²) < 4.78 is 4.54. The van der Waals surface area contributed by atoms with Crippen LogP contribution in [0.25, 0.3) is 0 Å². The van der Waals surface area contributed by atoms with Gasteiger partial charge in [0.2, 0.25) is 5.91 Å². The van der Waals surface area contributed by atoms with Gasteiger partial charge in [-0.05, 0) is 25.0 Å². The number of anilines is 1. The van der Waals surface area contributed by atoms with Gasteiger partial charge in [-0.3, -0.25) is 9.59 Å². The molecule has 0 aliphatic carbocycles. The van der Waals surface area contributed by atoms with Gasteiger partial charge >= 0.3 is 5.97 Å². The van der Waals surface area contributed by atoms with Crippen molar-refractivity contribution < 1.29 is 14.3 Å². The zero-order valence-corrected chi connectivity index (χ0v) is 12.5. The van der Waals surface area contributed by atoms with Crippen LogP contribution in [-0.2, 0) is 20.7 Å². The van der Waals surface area contributed by atoms with Crippen LogP contribution in [0.1, 0.15) is 25.3 Å². The van der Waals surface area contributed by atoms with Gasteiger partial charge in [0.25, 0.3) is 0 Å². The Morgan fingerprint density at radius 1 is 1.35 bits per heavy atom. The Hall–Kier alpha value is -1.75. The number of aryl methyl sites for hydroxylation is 1. The van der Waals surface area contributed by atoms with Crippen molar-refractivity contribution >= 4 is 30.0 Å². The van der Waals surface area contributed by atoms with Crippen LogP contribution < -0.4 is 11.1 Å². The van der Waals surface area contributed by atoms with E-state index in [-0.39, 0.29) is 36.7 Å². The Labute approximate surface area is 125 Å². The molecule has 1 aromatic rings. The first-order chi connectivity index (χ1) is 9.02. The molecule has 1 aromatic carbocycles. The number of ether oxygens (including phenoxy) is 1. The van der Waals surface area contributed by atoms with E-state index in [1.807, 2.05) is 24.3 Å². The largest absolute Gasteiger partial charge is 0.469 e. The van der Waals surface area contributed by atoms with E-state index in [9.17, 15) is 9.59 Å². The molecule has 0 aliphatic rings. The molecule has 0 heterocycles. The van der Waals surface area contributed by atoms with Crippen molar-refractivity contribution in [1.82, 2.24) is 5.32 Å². The second kappa shape index (κ2) is 9.20. The molecule has 3 N–H and O–H groups in total. The Kier molecular flexibility index (Phi) is 8.40. The number of nitrogen functional groups attached to an aromatic ring is 1. The summed E-state index contributed by atoms with van der Waals surface area (Å²) in [5.41, 5.74) is 7.45. The smallest absolute Gasteiger partial charge is 0.307 e. The molecule has 1 unspecified atom stereocenters. The summed E-state index contributed by atoms with van der Waals surface area (Å²) in [5, 5.41) is 2.75. The maximum Gasteiger partial charge on any atom is 0.307 e. The van der Waals surface area contributed by atoms with Crippen molar-refractivity contribution in [3.63, 3.8) is 0 Å². The molecule has 0 aromatic heterocycles. The Morgan fingerprint density at radius 2 is 2.00 bits per heavy atom. The number of benzene rings is 1. The molecule has 6 heteroatoms. The highest BCUT2D eigenvalue weighted by Crippen LogP contribution is 2.12. The molecule has 112 valence electrons. The average Bonchev–Trinajstić information content (AvgIpc) is 2.37. The first-order valence-electron chi connectivity index (χ1n) is 6.22. The second-order valence-electron chi connectivity index (χ2n) is 4.45. The molecule has 0 radical (unpaired) electrons. The number of esters is 1. The van der Waals surface area contributed by atoms with Gasteiger partial charge < -0.3 is 15.8 Å². The summed E-state index contributed by atoms with van der Waals surface area (Å²) in [6.45, 7) is 1.77. The molecule has 1 amide bonds. The van der Waals surface area contributed by atoms with Crippen molar-refractivity contribution in [3.8, 4) is 0 Å². The normalized spacial score (nSPS) is 11.1. The average molecular weight is 301 g/mol. The van der Waals surface area contributed by atoms with Gasteiger partial charge in [-0.1, -0.05) is 18.2 Å². The fourth-order valence-corrected chi connectivity index (χ4v) is 1.74. The summed E-state index contributed by atoms with van der Waals surface area (Å²) in [5.74, 6) is -0.431. The Bertz CT molecular complexity index is 452. The lowest BCUT2D eigenvalue weighted by atomic mass is 10.1. The van der Waals surface area contributed by atoms with Crippen molar-refractivity contribution in [1.29, 1.82) is 0 Å². The number of hydrogen-bond donors (Lipinski definition) is 2. The molecule has 0 fully saturated rings. The predicted molar refractivity (Wildman–Crippen MR) is 80.7 cm³/mol. The fraction of sp³-hybridized carbons (Fsp3) is 0.429. The molecule has 20 heavy (non-hydrogen) atoms. The lowest BCUT2D eigenvalue weighted by Crippen LogP contribution is -2.34. The lowest BCUT2D eigenvalue weighted by Gasteiger charge is -2.12.